The molecule has 8 heavy (non-hydrogen) atoms. The second kappa shape index (κ2) is 27.9. The van der Waals surface area contributed by atoms with Crippen molar-refractivity contribution in [2.24, 2.45) is 0 Å². The normalized spacial score (nSPS) is 3.12. The molecule has 0 fully saturated rings. The molecule has 6 heteroatoms. The first-order chi connectivity index (χ1) is 1.73. The predicted molar refractivity (Wildman–Crippen MR) is 21.5 cm³/mol. The molecular weight excluding hydrogens is 290 g/mol. The van der Waals surface area contributed by atoms with Gasteiger partial charge in [0.1, 0.15) is 0 Å². The number of carboxylic acids is 1. The maximum absolute atomic E-state index is 8.89. The van der Waals surface area contributed by atoms with Gasteiger partial charge in [0, 0.05) is 26.4 Å². The van der Waals surface area contributed by atoms with Crippen LogP contribution in [0, 0.1) is 0 Å². The molecule has 0 heterocycles. The zero-order valence-electron chi connectivity index (χ0n) is 4.19. The van der Waals surface area contributed by atoms with Crippen LogP contribution in [0.4, 0.5) is 0 Å². The number of carbonyl (C=O) groups excluding carboxylic acids is 1. The summed E-state index contributed by atoms with van der Waals surface area (Å²) >= 11 is 0. The maximum atomic E-state index is 8.89. The minimum Gasteiger partial charge on any atom is -0.550 e. The number of carbonyl (C=O) groups is 1. The van der Waals surface area contributed by atoms with E-state index in [1.54, 1.807) is 0 Å². The maximum Gasteiger partial charge on any atom is 0.0383 e. The molecule has 0 amide bonds. The summed E-state index contributed by atoms with van der Waals surface area (Å²) in [5, 5.41) is 8.89. The van der Waals surface area contributed by atoms with Crippen LogP contribution in [-0.4, -0.2) is 22.4 Å². The Kier molecular flexibility index (Phi) is 152. The number of hydrogen-bond donors (Lipinski definition) is 0. The first-order valence-corrected chi connectivity index (χ1v) is 0.908. The van der Waals surface area contributed by atoms with Crippen molar-refractivity contribution in [3.63, 3.8) is 0 Å². The average Bonchev–Trinajstić information content (AvgIpc) is 0.811. The molecule has 0 aliphatic rings. The molecule has 0 bridgehead atoms. The van der Waals surface area contributed by atoms with Gasteiger partial charge in [-0.25, -0.2) is 0 Å². The van der Waals surface area contributed by atoms with Gasteiger partial charge in [-0.2, -0.15) is 0 Å². The molecule has 5 nitrogen and oxygen atoms in total. The van der Waals surface area contributed by atoms with Crippen molar-refractivity contribution in [1.29, 1.82) is 0 Å². The van der Waals surface area contributed by atoms with Gasteiger partial charge in [0.25, 0.3) is 0 Å². The second-order valence-electron chi connectivity index (χ2n) is 0.492. The Labute approximate surface area is 60.3 Å². The van der Waals surface area contributed by atoms with Gasteiger partial charge in [0.15, 0.2) is 0 Å². The topological polar surface area (TPSA) is 135 Å². The smallest absolute Gasteiger partial charge is 0.0383 e. The van der Waals surface area contributed by atoms with Crippen LogP contribution < -0.4 is 5.11 Å². The number of rotatable bonds is 0. The quantitative estimate of drug-likeness (QED) is 0.454. The van der Waals surface area contributed by atoms with Crippen molar-refractivity contribution in [3.05, 3.63) is 0 Å². The third kappa shape index (κ3) is 992000. The molecule has 0 unspecified atom stereocenters. The summed E-state index contributed by atoms with van der Waals surface area (Å²) in [7, 11) is 0. The van der Waals surface area contributed by atoms with E-state index in [9.17, 15) is 0 Å². The van der Waals surface area contributed by atoms with Crippen molar-refractivity contribution in [2.75, 3.05) is 0 Å². The Hall–Kier alpha value is 0.0123. The minimum absolute atomic E-state index is 0. The number of aliphatic carboxylic acids is 1. The Balaban J connectivity index is -0.00000000750. The van der Waals surface area contributed by atoms with E-state index in [1.165, 1.54) is 0 Å². The van der Waals surface area contributed by atoms with Crippen molar-refractivity contribution in [2.45, 2.75) is 6.92 Å². The molecule has 1 radical (unpaired) electrons. The Morgan fingerprint density at radius 2 is 1.25 bits per heavy atom. The molecule has 0 saturated carbocycles. The van der Waals surface area contributed by atoms with Crippen LogP contribution in [0.25, 0.3) is 0 Å². The third-order valence-corrected chi connectivity index (χ3v) is 0. The van der Waals surface area contributed by atoms with E-state index in [0.717, 1.165) is 6.92 Å². The predicted octanol–water partition coefficient (Wildman–Crippen LogP) is -3.72. The van der Waals surface area contributed by atoms with E-state index in [2.05, 4.69) is 0 Å². The van der Waals surface area contributed by atoms with Crippen LogP contribution in [0.15, 0.2) is 0 Å². The van der Waals surface area contributed by atoms with Crippen LogP contribution in [0.3, 0.4) is 0 Å². The summed E-state index contributed by atoms with van der Waals surface area (Å²) in [5.74, 6) is -1.08. The van der Waals surface area contributed by atoms with Crippen LogP contribution >= 0.6 is 0 Å². The summed E-state index contributed by atoms with van der Waals surface area (Å²) in [6.07, 6.45) is 0. The summed E-state index contributed by atoms with van der Waals surface area (Å²) < 4.78 is 0. The van der Waals surface area contributed by atoms with Crippen LogP contribution in [0.2, 0.25) is 0 Å². The monoisotopic (exact) mass is 300 g/mol. The van der Waals surface area contributed by atoms with Crippen molar-refractivity contribution in [3.8, 4) is 0 Å². The Morgan fingerprint density at radius 3 is 1.25 bits per heavy atom. The molecule has 0 aromatic carbocycles. The zero-order valence-corrected chi connectivity index (χ0v) is 6.91. The Bertz CT molecular complexity index is 33.4. The van der Waals surface area contributed by atoms with Gasteiger partial charge >= 0.3 is 0 Å². The SMILES string of the molecule is CC(=O)[O-].O.O.O.[Re]. The first-order valence-electron chi connectivity index (χ1n) is 0.908. The van der Waals surface area contributed by atoms with Gasteiger partial charge in [0.05, 0.1) is 0 Å². The molecule has 55 valence electrons. The molecule has 0 atom stereocenters. The Morgan fingerprint density at radius 1 is 1.25 bits per heavy atom. The summed E-state index contributed by atoms with van der Waals surface area (Å²) in [6, 6.07) is 0. The molecule has 0 aromatic rings. The fourth-order valence-corrected chi connectivity index (χ4v) is 0. The van der Waals surface area contributed by atoms with E-state index in [4.69, 9.17) is 9.90 Å². The summed E-state index contributed by atoms with van der Waals surface area (Å²) in [4.78, 5) is 8.89. The molecule has 0 spiro atoms. The van der Waals surface area contributed by atoms with E-state index in [-0.39, 0.29) is 36.9 Å². The van der Waals surface area contributed by atoms with Gasteiger partial charge < -0.3 is 26.3 Å². The van der Waals surface area contributed by atoms with E-state index >= 15 is 0 Å². The van der Waals surface area contributed by atoms with Gasteiger partial charge in [-0.05, 0) is 6.92 Å². The van der Waals surface area contributed by atoms with Gasteiger partial charge in [0.2, 0.25) is 0 Å². The molecular formula is C2H9O5Re-. The van der Waals surface area contributed by atoms with Crippen molar-refractivity contribution < 1.29 is 46.8 Å². The second-order valence-corrected chi connectivity index (χ2v) is 0.492. The standard InChI is InChI=1S/C2H4O2.3H2O.Re/c1-2(3)4;;;;/h1H3,(H,3,4);3*1H2;/p-1. The van der Waals surface area contributed by atoms with Crippen LogP contribution in [0.1, 0.15) is 6.92 Å². The van der Waals surface area contributed by atoms with Crippen LogP contribution in [-0.2, 0) is 25.2 Å². The van der Waals surface area contributed by atoms with E-state index in [0.29, 0.717) is 0 Å². The average molecular weight is 299 g/mol. The van der Waals surface area contributed by atoms with E-state index < -0.39 is 5.97 Å². The number of carboxylic acid groups (broad SMARTS) is 1. The van der Waals surface area contributed by atoms with Crippen molar-refractivity contribution in [1.82, 2.24) is 0 Å². The van der Waals surface area contributed by atoms with E-state index in [1.807, 2.05) is 0 Å². The third-order valence-electron chi connectivity index (χ3n) is 0. The fourth-order valence-electron chi connectivity index (χ4n) is 0. The molecule has 6 N–H and O–H groups in total. The zero-order chi connectivity index (χ0) is 3.58. The molecule has 0 aromatic heterocycles. The minimum atomic E-state index is -1.08. The summed E-state index contributed by atoms with van der Waals surface area (Å²) in [5.41, 5.74) is 0. The number of hydrogen-bond acceptors (Lipinski definition) is 2. The van der Waals surface area contributed by atoms with Gasteiger partial charge in [-0.1, -0.05) is 0 Å². The van der Waals surface area contributed by atoms with Gasteiger partial charge in [-0.15, -0.1) is 0 Å². The van der Waals surface area contributed by atoms with Crippen LogP contribution in [0.5, 0.6) is 0 Å². The van der Waals surface area contributed by atoms with Gasteiger partial charge in [-0.3, -0.25) is 0 Å². The fraction of sp³-hybridized carbons (Fsp3) is 0.500. The van der Waals surface area contributed by atoms with Crippen molar-refractivity contribution >= 4 is 5.97 Å². The molecule has 0 saturated heterocycles. The molecule has 0 aliphatic heterocycles. The molecule has 0 aliphatic carbocycles. The first kappa shape index (κ1) is 43.4. The molecule has 0 rings (SSSR count). The summed E-state index contributed by atoms with van der Waals surface area (Å²) in [6.45, 7) is 0.972. The largest absolute Gasteiger partial charge is 0.550 e.